The van der Waals surface area contributed by atoms with Crippen LogP contribution in [-0.4, -0.2) is 11.5 Å². The fourth-order valence-corrected chi connectivity index (χ4v) is 0.743. The zero-order chi connectivity index (χ0) is 6.69. The first-order valence-electron chi connectivity index (χ1n) is 2.68. The van der Waals surface area contributed by atoms with Gasteiger partial charge in [-0.15, -0.1) is 0 Å². The summed E-state index contributed by atoms with van der Waals surface area (Å²) in [5.41, 5.74) is 0. The number of halogens is 1. The summed E-state index contributed by atoms with van der Waals surface area (Å²) in [5, 5.41) is 2.92. The number of hydrogen-bond donors (Lipinski definition) is 1. The maximum Gasteiger partial charge on any atom is 0.295 e. The Morgan fingerprint density at radius 1 is 1.89 bits per heavy atom. The van der Waals surface area contributed by atoms with E-state index in [9.17, 15) is 0 Å². The Labute approximate surface area is 61.6 Å². The summed E-state index contributed by atoms with van der Waals surface area (Å²) < 4.78 is 5.67. The number of anilines is 1. The van der Waals surface area contributed by atoms with Gasteiger partial charge in [-0.25, -0.2) is 4.98 Å². The molecule has 0 radical (unpaired) electrons. The van der Waals surface area contributed by atoms with Gasteiger partial charge in [0.2, 0.25) is 0 Å². The highest BCUT2D eigenvalue weighted by Crippen LogP contribution is 2.13. The van der Waals surface area contributed by atoms with Crippen molar-refractivity contribution in [3.8, 4) is 0 Å². The molecule has 0 aliphatic carbocycles. The summed E-state index contributed by atoms with van der Waals surface area (Å²) in [4.78, 5) is 3.88. The molecule has 0 fully saturated rings. The number of nitrogens with zero attached hydrogens (tertiary/aromatic N) is 1. The van der Waals surface area contributed by atoms with Crippen molar-refractivity contribution in [3.05, 3.63) is 10.9 Å². The predicted octanol–water partition coefficient (Wildman–Crippen LogP) is 1.87. The first kappa shape index (κ1) is 6.61. The van der Waals surface area contributed by atoms with Crippen molar-refractivity contribution in [1.29, 1.82) is 0 Å². The Kier molecular flexibility index (Phi) is 2.10. The third kappa shape index (κ3) is 1.71. The van der Waals surface area contributed by atoms with E-state index in [1.807, 2.05) is 6.92 Å². The second-order valence-corrected chi connectivity index (χ2v) is 2.28. The smallest absolute Gasteiger partial charge is 0.295 e. The molecule has 1 aromatic heterocycles. The number of rotatable bonds is 2. The Balaban J connectivity index is 2.61. The van der Waals surface area contributed by atoms with E-state index in [-0.39, 0.29) is 0 Å². The van der Waals surface area contributed by atoms with Crippen LogP contribution in [0.5, 0.6) is 0 Å². The van der Waals surface area contributed by atoms with Crippen molar-refractivity contribution in [2.75, 3.05) is 11.9 Å². The summed E-state index contributed by atoms with van der Waals surface area (Å²) >= 11 is 3.13. The van der Waals surface area contributed by atoms with Gasteiger partial charge in [0.05, 0.1) is 6.20 Å². The van der Waals surface area contributed by atoms with E-state index < -0.39 is 0 Å². The van der Waals surface area contributed by atoms with Crippen LogP contribution in [-0.2, 0) is 0 Å². The number of hydrogen-bond acceptors (Lipinski definition) is 3. The number of aromatic nitrogens is 1. The van der Waals surface area contributed by atoms with Crippen LogP contribution in [0.25, 0.3) is 0 Å². The van der Waals surface area contributed by atoms with Crippen LogP contribution in [0, 0.1) is 0 Å². The average molecular weight is 191 g/mol. The zero-order valence-corrected chi connectivity index (χ0v) is 6.60. The predicted molar refractivity (Wildman–Crippen MR) is 38.4 cm³/mol. The van der Waals surface area contributed by atoms with E-state index in [0.717, 1.165) is 6.54 Å². The maximum atomic E-state index is 5.02. The van der Waals surface area contributed by atoms with Gasteiger partial charge in [-0.3, -0.25) is 0 Å². The van der Waals surface area contributed by atoms with Crippen LogP contribution in [0.4, 0.5) is 6.01 Å². The van der Waals surface area contributed by atoms with Crippen LogP contribution in [0.2, 0.25) is 0 Å². The summed E-state index contributed by atoms with van der Waals surface area (Å²) in [6, 6.07) is 0.560. The van der Waals surface area contributed by atoms with Gasteiger partial charge in [0.15, 0.2) is 4.67 Å². The van der Waals surface area contributed by atoms with Crippen LogP contribution in [0.15, 0.2) is 15.3 Å². The summed E-state index contributed by atoms with van der Waals surface area (Å²) in [5.74, 6) is 0. The monoisotopic (exact) mass is 190 g/mol. The van der Waals surface area contributed by atoms with Gasteiger partial charge in [0, 0.05) is 6.54 Å². The molecule has 0 spiro atoms. The molecule has 0 bridgehead atoms. The molecule has 0 saturated carbocycles. The Bertz CT molecular complexity index is 187. The zero-order valence-electron chi connectivity index (χ0n) is 5.02. The summed E-state index contributed by atoms with van der Waals surface area (Å²) in [6.07, 6.45) is 1.61. The highest BCUT2D eigenvalue weighted by molar-refractivity contribution is 9.10. The SMILES string of the molecule is CCNc1ncc(Br)o1. The van der Waals surface area contributed by atoms with E-state index >= 15 is 0 Å². The van der Waals surface area contributed by atoms with E-state index in [1.165, 1.54) is 0 Å². The molecule has 1 rings (SSSR count). The Morgan fingerprint density at radius 2 is 2.67 bits per heavy atom. The fourth-order valence-electron chi connectivity index (χ4n) is 0.487. The van der Waals surface area contributed by atoms with E-state index in [4.69, 9.17) is 4.42 Å². The van der Waals surface area contributed by atoms with Gasteiger partial charge in [-0.05, 0) is 22.9 Å². The number of oxazole rings is 1. The lowest BCUT2D eigenvalue weighted by Crippen LogP contribution is -1.95. The van der Waals surface area contributed by atoms with Crippen LogP contribution >= 0.6 is 15.9 Å². The molecule has 9 heavy (non-hydrogen) atoms. The van der Waals surface area contributed by atoms with Crippen LogP contribution in [0.1, 0.15) is 6.92 Å². The van der Waals surface area contributed by atoms with Gasteiger partial charge in [0.25, 0.3) is 6.01 Å². The molecule has 0 aliphatic rings. The lowest BCUT2D eigenvalue weighted by molar-refractivity contribution is 0.548. The molecule has 0 unspecified atom stereocenters. The van der Waals surface area contributed by atoms with Crippen molar-refractivity contribution in [3.63, 3.8) is 0 Å². The van der Waals surface area contributed by atoms with Gasteiger partial charge in [-0.1, -0.05) is 0 Å². The molecule has 0 atom stereocenters. The molecule has 0 aliphatic heterocycles. The highest BCUT2D eigenvalue weighted by Gasteiger charge is 1.95. The second-order valence-electron chi connectivity index (χ2n) is 1.50. The Morgan fingerprint density at radius 3 is 3.11 bits per heavy atom. The van der Waals surface area contributed by atoms with Crippen molar-refractivity contribution < 1.29 is 4.42 Å². The van der Waals surface area contributed by atoms with Gasteiger partial charge >= 0.3 is 0 Å². The van der Waals surface area contributed by atoms with E-state index in [1.54, 1.807) is 6.20 Å². The third-order valence-electron chi connectivity index (χ3n) is 0.805. The second kappa shape index (κ2) is 2.87. The minimum atomic E-state index is 0.560. The lowest BCUT2D eigenvalue weighted by atomic mass is 10.7. The van der Waals surface area contributed by atoms with Crippen molar-refractivity contribution in [2.45, 2.75) is 6.92 Å². The maximum absolute atomic E-state index is 5.02. The van der Waals surface area contributed by atoms with Crippen LogP contribution in [0.3, 0.4) is 0 Å². The molecular formula is C5H7BrN2O. The molecule has 1 N–H and O–H groups in total. The first-order valence-corrected chi connectivity index (χ1v) is 3.47. The van der Waals surface area contributed by atoms with Gasteiger partial charge < -0.3 is 9.73 Å². The van der Waals surface area contributed by atoms with E-state index in [2.05, 4.69) is 26.2 Å². The summed E-state index contributed by atoms with van der Waals surface area (Å²) in [7, 11) is 0. The minimum Gasteiger partial charge on any atom is -0.417 e. The molecule has 50 valence electrons. The third-order valence-corrected chi connectivity index (χ3v) is 1.17. The van der Waals surface area contributed by atoms with Gasteiger partial charge in [0.1, 0.15) is 0 Å². The van der Waals surface area contributed by atoms with Crippen LogP contribution < -0.4 is 5.32 Å². The molecule has 0 amide bonds. The molecule has 0 saturated heterocycles. The van der Waals surface area contributed by atoms with E-state index in [0.29, 0.717) is 10.7 Å². The molecule has 0 aromatic carbocycles. The first-order chi connectivity index (χ1) is 4.33. The molecule has 4 heteroatoms. The Hall–Kier alpha value is -0.510. The highest BCUT2D eigenvalue weighted by atomic mass is 79.9. The number of nitrogens with one attached hydrogen (secondary N) is 1. The van der Waals surface area contributed by atoms with Crippen molar-refractivity contribution in [2.24, 2.45) is 0 Å². The average Bonchev–Trinajstić information content (AvgIpc) is 2.17. The molecular weight excluding hydrogens is 184 g/mol. The minimum absolute atomic E-state index is 0.560. The van der Waals surface area contributed by atoms with Crippen molar-refractivity contribution >= 4 is 21.9 Å². The molecule has 1 heterocycles. The quantitative estimate of drug-likeness (QED) is 0.775. The molecule has 1 aromatic rings. The largest absolute Gasteiger partial charge is 0.417 e. The standard InChI is InChI=1S/C5H7BrN2O/c1-2-7-5-8-3-4(6)9-5/h3H,2H2,1H3,(H,7,8). The fraction of sp³-hybridized carbons (Fsp3) is 0.400. The lowest BCUT2D eigenvalue weighted by Gasteiger charge is -1.91. The topological polar surface area (TPSA) is 38.1 Å². The van der Waals surface area contributed by atoms with Gasteiger partial charge in [-0.2, -0.15) is 0 Å². The normalized spacial score (nSPS) is 9.56. The van der Waals surface area contributed by atoms with Crippen molar-refractivity contribution in [1.82, 2.24) is 4.98 Å². The molecule has 3 nitrogen and oxygen atoms in total. The summed E-state index contributed by atoms with van der Waals surface area (Å²) in [6.45, 7) is 2.81.